The third-order valence-electron chi connectivity index (χ3n) is 2.15. The molecule has 5 nitrogen and oxygen atoms in total. The molecule has 0 spiro atoms. The van der Waals surface area contributed by atoms with Crippen LogP contribution in [0.25, 0.3) is 0 Å². The molecule has 2 rings (SSSR count). The highest BCUT2D eigenvalue weighted by Crippen LogP contribution is 2.25. The molecular weight excluding hydrogens is 224 g/mol. The highest BCUT2D eigenvalue weighted by Gasteiger charge is 2.05. The van der Waals surface area contributed by atoms with Crippen LogP contribution in [0.3, 0.4) is 0 Å². The Labute approximate surface area is 97.5 Å². The van der Waals surface area contributed by atoms with Gasteiger partial charge in [-0.2, -0.15) is 0 Å². The highest BCUT2D eigenvalue weighted by atomic mass is 32.2. The van der Waals surface area contributed by atoms with Crippen LogP contribution >= 0.6 is 11.8 Å². The molecule has 1 N–H and O–H groups in total. The van der Waals surface area contributed by atoms with E-state index in [-0.39, 0.29) is 0 Å². The van der Waals surface area contributed by atoms with Gasteiger partial charge in [0.15, 0.2) is 0 Å². The van der Waals surface area contributed by atoms with Crippen molar-refractivity contribution in [2.45, 2.75) is 23.1 Å². The van der Waals surface area contributed by atoms with Crippen molar-refractivity contribution in [1.29, 1.82) is 0 Å². The van der Waals surface area contributed by atoms with Crippen LogP contribution in [0.15, 0.2) is 34.3 Å². The van der Waals surface area contributed by atoms with Crippen LogP contribution in [-0.2, 0) is 7.05 Å². The number of tetrazole rings is 1. The van der Waals surface area contributed by atoms with E-state index in [1.807, 2.05) is 24.3 Å². The van der Waals surface area contributed by atoms with E-state index in [0.717, 1.165) is 15.6 Å². The van der Waals surface area contributed by atoms with Gasteiger partial charge in [0.05, 0.1) is 6.10 Å². The summed E-state index contributed by atoms with van der Waals surface area (Å²) in [6.45, 7) is 1.74. The SMILES string of the molecule is C[C@H](O)c1ccc(Sc2nnnn2C)cc1. The molecule has 0 amide bonds. The van der Waals surface area contributed by atoms with Crippen molar-refractivity contribution in [2.75, 3.05) is 0 Å². The van der Waals surface area contributed by atoms with Crippen LogP contribution in [0.5, 0.6) is 0 Å². The fourth-order valence-corrected chi connectivity index (χ4v) is 1.96. The predicted molar refractivity (Wildman–Crippen MR) is 60.0 cm³/mol. The number of hydrogen-bond donors (Lipinski definition) is 1. The summed E-state index contributed by atoms with van der Waals surface area (Å²) < 4.78 is 1.62. The summed E-state index contributed by atoms with van der Waals surface area (Å²) in [4.78, 5) is 1.04. The number of benzene rings is 1. The average Bonchev–Trinajstić information content (AvgIpc) is 2.65. The van der Waals surface area contributed by atoms with Crippen LogP contribution < -0.4 is 0 Å². The second-order valence-electron chi connectivity index (χ2n) is 3.43. The second-order valence-corrected chi connectivity index (χ2v) is 4.47. The average molecular weight is 236 g/mol. The summed E-state index contributed by atoms with van der Waals surface area (Å²) >= 11 is 1.49. The largest absolute Gasteiger partial charge is 0.389 e. The van der Waals surface area contributed by atoms with Crippen LogP contribution in [0.4, 0.5) is 0 Å². The van der Waals surface area contributed by atoms with Gasteiger partial charge in [-0.25, -0.2) is 4.68 Å². The molecule has 0 aliphatic rings. The molecule has 0 fully saturated rings. The molecule has 1 heterocycles. The van der Waals surface area contributed by atoms with Gasteiger partial charge < -0.3 is 5.11 Å². The molecule has 0 bridgehead atoms. The molecule has 1 atom stereocenters. The Morgan fingerprint density at radius 3 is 2.50 bits per heavy atom. The number of hydrogen-bond acceptors (Lipinski definition) is 5. The molecule has 84 valence electrons. The van der Waals surface area contributed by atoms with Crippen LogP contribution in [-0.4, -0.2) is 25.3 Å². The van der Waals surface area contributed by atoms with E-state index in [1.165, 1.54) is 11.8 Å². The minimum atomic E-state index is -0.435. The quantitative estimate of drug-likeness (QED) is 0.873. The van der Waals surface area contributed by atoms with Crippen molar-refractivity contribution >= 4 is 11.8 Å². The molecule has 0 saturated heterocycles. The van der Waals surface area contributed by atoms with E-state index in [9.17, 15) is 5.11 Å². The van der Waals surface area contributed by atoms with Gasteiger partial charge in [0, 0.05) is 11.9 Å². The summed E-state index contributed by atoms with van der Waals surface area (Å²) in [5, 5.41) is 21.3. The zero-order chi connectivity index (χ0) is 11.5. The van der Waals surface area contributed by atoms with Crippen molar-refractivity contribution in [2.24, 2.45) is 7.05 Å². The number of rotatable bonds is 3. The van der Waals surface area contributed by atoms with Gasteiger partial charge in [0.1, 0.15) is 0 Å². The zero-order valence-electron chi connectivity index (χ0n) is 9.03. The lowest BCUT2D eigenvalue weighted by atomic mass is 10.1. The first-order valence-corrected chi connectivity index (χ1v) is 5.66. The number of aliphatic hydroxyl groups is 1. The first kappa shape index (κ1) is 11.1. The molecule has 1 aromatic carbocycles. The lowest BCUT2D eigenvalue weighted by molar-refractivity contribution is 0.199. The van der Waals surface area contributed by atoms with E-state index in [0.29, 0.717) is 0 Å². The first-order valence-electron chi connectivity index (χ1n) is 4.85. The summed E-state index contributed by atoms with van der Waals surface area (Å²) in [5.41, 5.74) is 0.903. The molecule has 0 aliphatic carbocycles. The number of aromatic nitrogens is 4. The normalized spacial score (nSPS) is 12.7. The Morgan fingerprint density at radius 2 is 2.00 bits per heavy atom. The molecule has 6 heteroatoms. The van der Waals surface area contributed by atoms with Crippen LogP contribution in [0, 0.1) is 0 Å². The molecule has 0 aliphatic heterocycles. The zero-order valence-corrected chi connectivity index (χ0v) is 9.85. The molecule has 0 saturated carbocycles. The monoisotopic (exact) mass is 236 g/mol. The van der Waals surface area contributed by atoms with Gasteiger partial charge in [-0.3, -0.25) is 0 Å². The summed E-state index contributed by atoms with van der Waals surface area (Å²) in [5.74, 6) is 0. The predicted octanol–water partition coefficient (Wildman–Crippen LogP) is 1.41. The second kappa shape index (κ2) is 4.63. The van der Waals surface area contributed by atoms with E-state index in [1.54, 1.807) is 18.7 Å². The Hall–Kier alpha value is -1.40. The molecule has 16 heavy (non-hydrogen) atoms. The molecular formula is C10H12N4OS. The number of aryl methyl sites for hydroxylation is 1. The van der Waals surface area contributed by atoms with Crippen molar-refractivity contribution in [3.05, 3.63) is 29.8 Å². The van der Waals surface area contributed by atoms with E-state index < -0.39 is 6.10 Å². The maximum atomic E-state index is 9.37. The van der Waals surface area contributed by atoms with Gasteiger partial charge >= 0.3 is 0 Å². The van der Waals surface area contributed by atoms with Crippen molar-refractivity contribution in [3.63, 3.8) is 0 Å². The summed E-state index contributed by atoms with van der Waals surface area (Å²) in [7, 11) is 1.80. The number of nitrogens with zero attached hydrogens (tertiary/aromatic N) is 4. The summed E-state index contributed by atoms with van der Waals surface area (Å²) in [6.07, 6.45) is -0.435. The third-order valence-corrected chi connectivity index (χ3v) is 3.19. The first-order chi connectivity index (χ1) is 7.66. The van der Waals surface area contributed by atoms with Crippen molar-refractivity contribution in [1.82, 2.24) is 20.2 Å². The Balaban J connectivity index is 2.14. The third kappa shape index (κ3) is 2.40. The smallest absolute Gasteiger partial charge is 0.213 e. The van der Waals surface area contributed by atoms with Gasteiger partial charge in [-0.05, 0) is 46.8 Å². The van der Waals surface area contributed by atoms with E-state index in [4.69, 9.17) is 0 Å². The van der Waals surface area contributed by atoms with Gasteiger partial charge in [-0.15, -0.1) is 5.10 Å². The van der Waals surface area contributed by atoms with E-state index >= 15 is 0 Å². The Morgan fingerprint density at radius 1 is 1.31 bits per heavy atom. The van der Waals surface area contributed by atoms with Crippen LogP contribution in [0.1, 0.15) is 18.6 Å². The summed E-state index contributed by atoms with van der Waals surface area (Å²) in [6, 6.07) is 7.69. The molecule has 0 radical (unpaired) electrons. The topological polar surface area (TPSA) is 63.8 Å². The Bertz CT molecular complexity index is 466. The van der Waals surface area contributed by atoms with Crippen molar-refractivity contribution in [3.8, 4) is 0 Å². The van der Waals surface area contributed by atoms with Gasteiger partial charge in [-0.1, -0.05) is 12.1 Å². The fraction of sp³-hybridized carbons (Fsp3) is 0.300. The standard InChI is InChI=1S/C10H12N4OS/c1-7(15)8-3-5-9(6-4-8)16-10-11-12-13-14(10)2/h3-7,15H,1-2H3/t7-/m0/s1. The number of aliphatic hydroxyl groups excluding tert-OH is 1. The maximum absolute atomic E-state index is 9.37. The maximum Gasteiger partial charge on any atom is 0.213 e. The highest BCUT2D eigenvalue weighted by molar-refractivity contribution is 7.99. The van der Waals surface area contributed by atoms with Crippen molar-refractivity contribution < 1.29 is 5.11 Å². The van der Waals surface area contributed by atoms with Gasteiger partial charge in [0.25, 0.3) is 0 Å². The minimum Gasteiger partial charge on any atom is -0.389 e. The molecule has 2 aromatic rings. The van der Waals surface area contributed by atoms with Crippen LogP contribution in [0.2, 0.25) is 0 Å². The van der Waals surface area contributed by atoms with E-state index in [2.05, 4.69) is 15.5 Å². The Kier molecular flexibility index (Phi) is 3.21. The van der Waals surface area contributed by atoms with Gasteiger partial charge in [0.2, 0.25) is 5.16 Å². The molecule has 0 unspecified atom stereocenters. The minimum absolute atomic E-state index is 0.435. The lowest BCUT2D eigenvalue weighted by Gasteiger charge is -2.05. The molecule has 1 aromatic heterocycles. The fourth-order valence-electron chi connectivity index (χ4n) is 1.23. The lowest BCUT2D eigenvalue weighted by Crippen LogP contribution is -1.93.